The Morgan fingerprint density at radius 3 is 2.91 bits per heavy atom. The Kier molecular flexibility index (Phi) is 5.95. The molecule has 0 spiro atoms. The van der Waals surface area contributed by atoms with E-state index in [1.165, 1.54) is 28.8 Å². The van der Waals surface area contributed by atoms with Gasteiger partial charge in [-0.25, -0.2) is 4.79 Å². The predicted molar refractivity (Wildman–Crippen MR) is 129 cm³/mol. The van der Waals surface area contributed by atoms with Crippen molar-refractivity contribution in [3.63, 3.8) is 0 Å². The molecule has 2 atom stereocenters. The van der Waals surface area contributed by atoms with E-state index in [9.17, 15) is 10.1 Å². The van der Waals surface area contributed by atoms with Gasteiger partial charge in [-0.05, 0) is 61.3 Å². The van der Waals surface area contributed by atoms with Gasteiger partial charge >= 0.3 is 6.09 Å². The molecule has 6 nitrogen and oxygen atoms in total. The number of piperidine rings is 1. The van der Waals surface area contributed by atoms with E-state index in [1.54, 1.807) is 0 Å². The fourth-order valence-electron chi connectivity index (χ4n) is 5.30. The largest absolute Gasteiger partial charge is 0.445 e. The highest BCUT2D eigenvalue weighted by atomic mass is 16.5. The standard InChI is InChI=1S/C27H30N4O2/c1-18-9-11-22-23(14-18)30-26-20(15-28)10-12-24(25(22)26)31-13-5-8-21(16-31)29-27(32)33-17-19-6-3-2-4-7-19/h2-4,6-7,10,12,18,21,30H,5,8-9,11,13-14,16-17H2,1H3,(H,29,32)/t18?,21-/m0/s1. The summed E-state index contributed by atoms with van der Waals surface area (Å²) in [5.74, 6) is 0.657. The fraction of sp³-hybridized carbons (Fsp3) is 0.407. The summed E-state index contributed by atoms with van der Waals surface area (Å²) < 4.78 is 5.43. The van der Waals surface area contributed by atoms with Gasteiger partial charge < -0.3 is 19.9 Å². The van der Waals surface area contributed by atoms with Crippen LogP contribution in [-0.2, 0) is 24.2 Å². The normalized spacial score (nSPS) is 20.2. The number of carbonyl (C=O) groups is 1. The average Bonchev–Trinajstić information content (AvgIpc) is 3.21. The van der Waals surface area contributed by atoms with Gasteiger partial charge in [0.25, 0.3) is 0 Å². The smallest absolute Gasteiger partial charge is 0.407 e. The molecule has 170 valence electrons. The first kappa shape index (κ1) is 21.4. The second-order valence-corrected chi connectivity index (χ2v) is 9.42. The average molecular weight is 443 g/mol. The van der Waals surface area contributed by atoms with Crippen LogP contribution >= 0.6 is 0 Å². The third-order valence-electron chi connectivity index (χ3n) is 6.98. The molecular weight excluding hydrogens is 412 g/mol. The first-order chi connectivity index (χ1) is 16.1. The summed E-state index contributed by atoms with van der Waals surface area (Å²) >= 11 is 0. The summed E-state index contributed by atoms with van der Waals surface area (Å²) in [7, 11) is 0. The molecule has 2 aliphatic rings. The van der Waals surface area contributed by atoms with Crippen molar-refractivity contribution in [3.05, 3.63) is 64.8 Å². The molecule has 5 rings (SSSR count). The van der Waals surface area contributed by atoms with Gasteiger partial charge in [0.05, 0.1) is 11.1 Å². The van der Waals surface area contributed by atoms with Crippen LogP contribution in [0.25, 0.3) is 10.9 Å². The molecule has 1 amide bonds. The molecule has 1 saturated heterocycles. The van der Waals surface area contributed by atoms with Crippen LogP contribution in [-0.4, -0.2) is 30.2 Å². The van der Waals surface area contributed by atoms with Gasteiger partial charge in [-0.2, -0.15) is 5.26 Å². The van der Waals surface area contributed by atoms with Gasteiger partial charge in [0.15, 0.2) is 0 Å². The number of alkyl carbamates (subject to hydrolysis) is 1. The number of fused-ring (bicyclic) bond motifs is 3. The molecule has 1 fully saturated rings. The number of aryl methyl sites for hydroxylation is 1. The lowest BCUT2D eigenvalue weighted by atomic mass is 9.87. The maximum absolute atomic E-state index is 12.4. The van der Waals surface area contributed by atoms with Crippen molar-refractivity contribution in [1.82, 2.24) is 10.3 Å². The lowest BCUT2D eigenvalue weighted by Crippen LogP contribution is -2.48. The summed E-state index contributed by atoms with van der Waals surface area (Å²) in [4.78, 5) is 18.4. The lowest BCUT2D eigenvalue weighted by Gasteiger charge is -2.35. The van der Waals surface area contributed by atoms with E-state index in [0.717, 1.165) is 49.9 Å². The fourth-order valence-corrected chi connectivity index (χ4v) is 5.30. The maximum atomic E-state index is 12.4. The molecule has 0 bridgehead atoms. The van der Waals surface area contributed by atoms with Gasteiger partial charge in [-0.1, -0.05) is 37.3 Å². The Morgan fingerprint density at radius 2 is 2.09 bits per heavy atom. The summed E-state index contributed by atoms with van der Waals surface area (Å²) in [6, 6.07) is 16.1. The van der Waals surface area contributed by atoms with Crippen molar-refractivity contribution >= 4 is 22.7 Å². The molecule has 1 aromatic heterocycles. The number of aromatic amines is 1. The summed E-state index contributed by atoms with van der Waals surface area (Å²) in [5, 5.41) is 13.9. The molecule has 33 heavy (non-hydrogen) atoms. The number of benzene rings is 2. The molecule has 0 radical (unpaired) electrons. The number of rotatable bonds is 4. The Hall–Kier alpha value is -3.46. The topological polar surface area (TPSA) is 81.2 Å². The summed E-state index contributed by atoms with van der Waals surface area (Å²) in [6.45, 7) is 4.23. The molecule has 1 aliphatic carbocycles. The molecule has 1 aliphatic heterocycles. The Bertz CT molecular complexity index is 1190. The van der Waals surface area contributed by atoms with Crippen LogP contribution < -0.4 is 10.2 Å². The van der Waals surface area contributed by atoms with E-state index in [4.69, 9.17) is 4.74 Å². The van der Waals surface area contributed by atoms with Gasteiger partial charge in [-0.15, -0.1) is 0 Å². The number of aromatic nitrogens is 1. The highest BCUT2D eigenvalue weighted by Gasteiger charge is 2.27. The molecule has 3 aromatic rings. The maximum Gasteiger partial charge on any atom is 0.407 e. The van der Waals surface area contributed by atoms with Crippen molar-refractivity contribution in [1.29, 1.82) is 5.26 Å². The first-order valence-electron chi connectivity index (χ1n) is 11.9. The number of ether oxygens (including phenoxy) is 1. The van der Waals surface area contributed by atoms with E-state index < -0.39 is 0 Å². The number of nitriles is 1. The van der Waals surface area contributed by atoms with E-state index >= 15 is 0 Å². The number of anilines is 1. The van der Waals surface area contributed by atoms with Crippen LogP contribution in [0.5, 0.6) is 0 Å². The van der Waals surface area contributed by atoms with Crippen LogP contribution in [0.2, 0.25) is 0 Å². The highest BCUT2D eigenvalue weighted by molar-refractivity contribution is 5.99. The minimum atomic E-state index is -0.372. The second kappa shape index (κ2) is 9.19. The number of carbonyl (C=O) groups excluding carboxylic acids is 1. The van der Waals surface area contributed by atoms with Crippen LogP contribution in [0.15, 0.2) is 42.5 Å². The molecule has 0 saturated carbocycles. The molecule has 6 heteroatoms. The zero-order chi connectivity index (χ0) is 22.8. The van der Waals surface area contributed by atoms with E-state index in [-0.39, 0.29) is 18.7 Å². The van der Waals surface area contributed by atoms with Crippen molar-refractivity contribution < 1.29 is 9.53 Å². The van der Waals surface area contributed by atoms with Gasteiger partial charge in [0.2, 0.25) is 0 Å². The van der Waals surface area contributed by atoms with Gasteiger partial charge in [0, 0.05) is 35.9 Å². The zero-order valence-corrected chi connectivity index (χ0v) is 19.1. The molecule has 2 N–H and O–H groups in total. The Morgan fingerprint density at radius 1 is 1.24 bits per heavy atom. The predicted octanol–water partition coefficient (Wildman–Crippen LogP) is 5.06. The first-order valence-corrected chi connectivity index (χ1v) is 11.9. The van der Waals surface area contributed by atoms with Crippen LogP contribution in [0.4, 0.5) is 10.5 Å². The monoisotopic (exact) mass is 442 g/mol. The van der Waals surface area contributed by atoms with Gasteiger partial charge in [-0.3, -0.25) is 0 Å². The van der Waals surface area contributed by atoms with Crippen LogP contribution in [0.1, 0.15) is 48.6 Å². The minimum absolute atomic E-state index is 0.0301. The second-order valence-electron chi connectivity index (χ2n) is 9.42. The molecule has 2 heterocycles. The van der Waals surface area contributed by atoms with Crippen molar-refractivity contribution in [2.45, 2.75) is 51.7 Å². The summed E-state index contributed by atoms with van der Waals surface area (Å²) in [5.41, 5.74) is 6.46. The number of H-pyrrole nitrogens is 1. The number of hydrogen-bond acceptors (Lipinski definition) is 4. The van der Waals surface area contributed by atoms with Crippen LogP contribution in [0, 0.1) is 17.2 Å². The highest BCUT2D eigenvalue weighted by Crippen LogP contribution is 2.39. The quantitative estimate of drug-likeness (QED) is 0.592. The number of nitrogens with zero attached hydrogens (tertiary/aromatic N) is 2. The van der Waals surface area contributed by atoms with Crippen molar-refractivity contribution in [3.8, 4) is 6.07 Å². The van der Waals surface area contributed by atoms with Crippen LogP contribution in [0.3, 0.4) is 0 Å². The number of nitrogens with one attached hydrogen (secondary N) is 2. The van der Waals surface area contributed by atoms with Crippen molar-refractivity contribution in [2.75, 3.05) is 18.0 Å². The third-order valence-corrected chi connectivity index (χ3v) is 6.98. The molecular formula is C27H30N4O2. The van der Waals surface area contributed by atoms with E-state index in [1.807, 2.05) is 36.4 Å². The molecule has 1 unspecified atom stereocenters. The Balaban J connectivity index is 1.34. The molecule has 2 aromatic carbocycles. The lowest BCUT2D eigenvalue weighted by molar-refractivity contribution is 0.134. The zero-order valence-electron chi connectivity index (χ0n) is 19.1. The summed E-state index contributed by atoms with van der Waals surface area (Å²) in [6.07, 6.45) is 4.80. The van der Waals surface area contributed by atoms with E-state index in [0.29, 0.717) is 11.5 Å². The van der Waals surface area contributed by atoms with Gasteiger partial charge in [0.1, 0.15) is 12.7 Å². The number of hydrogen-bond donors (Lipinski definition) is 2. The SMILES string of the molecule is CC1CCc2c([nH]c3c(C#N)ccc(N4CCC[C@H](NC(=O)OCc5ccccc5)C4)c23)C1. The number of amides is 1. The van der Waals surface area contributed by atoms with E-state index in [2.05, 4.69) is 34.3 Å². The van der Waals surface area contributed by atoms with Crippen molar-refractivity contribution in [2.24, 2.45) is 5.92 Å². The minimum Gasteiger partial charge on any atom is -0.445 e. The third kappa shape index (κ3) is 4.41. The Labute approximate surface area is 194 Å².